The van der Waals surface area contributed by atoms with Crippen molar-refractivity contribution in [3.05, 3.63) is 131 Å². The molecule has 0 saturated carbocycles. The zero-order chi connectivity index (χ0) is 23.8. The van der Waals surface area contributed by atoms with Crippen molar-refractivity contribution < 1.29 is 0 Å². The molecule has 0 amide bonds. The van der Waals surface area contributed by atoms with Crippen LogP contribution in [0.5, 0.6) is 0 Å². The van der Waals surface area contributed by atoms with Gasteiger partial charge in [-0.1, -0.05) is 104 Å². The minimum absolute atomic E-state index is 0.544. The summed E-state index contributed by atoms with van der Waals surface area (Å²) < 4.78 is 0. The van der Waals surface area contributed by atoms with Crippen LogP contribution in [0, 0.1) is 6.92 Å². The number of amidine groups is 2. The molecule has 0 heterocycles. The quantitative estimate of drug-likeness (QED) is 0.221. The van der Waals surface area contributed by atoms with Crippen LogP contribution < -0.4 is 0 Å². The van der Waals surface area contributed by atoms with Crippen LogP contribution in [-0.2, 0) is 13.0 Å². The first kappa shape index (κ1) is 23.1. The highest BCUT2D eigenvalue weighted by molar-refractivity contribution is 6.13. The Kier molecular flexibility index (Phi) is 7.56. The number of benzene rings is 4. The Balaban J connectivity index is 1.72. The lowest BCUT2D eigenvalue weighted by Gasteiger charge is -2.10. The zero-order valence-corrected chi connectivity index (χ0v) is 19.8. The number of hydrogen-bond donors (Lipinski definition) is 0. The van der Waals surface area contributed by atoms with Crippen LogP contribution in [0.3, 0.4) is 0 Å². The Morgan fingerprint density at radius 2 is 1.38 bits per heavy atom. The molecule has 0 unspecified atom stereocenters. The maximum atomic E-state index is 4.87. The topological polar surface area (TPSA) is 37.1 Å². The predicted octanol–water partition coefficient (Wildman–Crippen LogP) is 7.32. The van der Waals surface area contributed by atoms with E-state index >= 15 is 0 Å². The van der Waals surface area contributed by atoms with E-state index in [1.807, 2.05) is 60.7 Å². The fraction of sp³-hybridized carbons (Fsp3) is 0.129. The fourth-order valence-electron chi connectivity index (χ4n) is 3.93. The van der Waals surface area contributed by atoms with Gasteiger partial charge in [-0.3, -0.25) is 4.99 Å². The van der Waals surface area contributed by atoms with Crippen LogP contribution in [0.1, 0.15) is 34.7 Å². The normalized spacial score (nSPS) is 11.9. The first-order valence-electron chi connectivity index (χ1n) is 11.6. The largest absolute Gasteiger partial charge is 0.261 e. The van der Waals surface area contributed by atoms with Crippen molar-refractivity contribution in [1.29, 1.82) is 0 Å². The fourth-order valence-corrected chi connectivity index (χ4v) is 3.93. The molecule has 168 valence electrons. The molecule has 0 N–H and O–H groups in total. The first-order chi connectivity index (χ1) is 16.7. The van der Waals surface area contributed by atoms with E-state index in [4.69, 9.17) is 9.98 Å². The van der Waals surface area contributed by atoms with E-state index in [0.29, 0.717) is 18.2 Å². The Morgan fingerprint density at radius 3 is 2.06 bits per heavy atom. The molecule has 3 heteroatoms. The van der Waals surface area contributed by atoms with Crippen LogP contribution in [0.15, 0.2) is 118 Å². The van der Waals surface area contributed by atoms with E-state index in [1.165, 1.54) is 16.7 Å². The smallest absolute Gasteiger partial charge is 0.161 e. The van der Waals surface area contributed by atoms with Crippen molar-refractivity contribution in [1.82, 2.24) is 0 Å². The molecule has 0 spiro atoms. The van der Waals surface area contributed by atoms with Gasteiger partial charge in [-0.2, -0.15) is 0 Å². The summed E-state index contributed by atoms with van der Waals surface area (Å²) in [5.74, 6) is 1.19. The maximum Gasteiger partial charge on any atom is 0.161 e. The molecule has 34 heavy (non-hydrogen) atoms. The summed E-state index contributed by atoms with van der Waals surface area (Å²) in [6.07, 6.45) is 1.04. The van der Waals surface area contributed by atoms with Crippen LogP contribution in [0.4, 0.5) is 0 Å². The van der Waals surface area contributed by atoms with Gasteiger partial charge in [-0.25, -0.2) is 9.98 Å². The van der Waals surface area contributed by atoms with Crippen molar-refractivity contribution >= 4 is 18.4 Å². The van der Waals surface area contributed by atoms with Crippen LogP contribution in [0.2, 0.25) is 0 Å². The molecular weight excluding hydrogens is 414 g/mol. The molecule has 0 bridgehead atoms. The average Bonchev–Trinajstić information content (AvgIpc) is 2.90. The molecule has 0 aromatic heterocycles. The summed E-state index contributed by atoms with van der Waals surface area (Å²) >= 11 is 0. The molecule has 0 fully saturated rings. The van der Waals surface area contributed by atoms with Crippen LogP contribution >= 0.6 is 0 Å². The molecular formula is C31H29N3. The lowest BCUT2D eigenvalue weighted by molar-refractivity contribution is 1.06. The summed E-state index contributed by atoms with van der Waals surface area (Å²) in [6.45, 7) is 8.70. The highest BCUT2D eigenvalue weighted by atomic mass is 15.0. The van der Waals surface area contributed by atoms with Gasteiger partial charge in [-0.15, -0.1) is 0 Å². The van der Waals surface area contributed by atoms with E-state index in [1.54, 1.807) is 0 Å². The van der Waals surface area contributed by atoms with Gasteiger partial charge in [0.25, 0.3) is 0 Å². The molecule has 0 aliphatic heterocycles. The number of nitrogens with zero attached hydrogens (tertiary/aromatic N) is 3. The monoisotopic (exact) mass is 443 g/mol. The minimum atomic E-state index is 0.544. The standard InChI is InChI=1S/C31H29N3/c1-4-25-18-19-28(20-23(25)2)27-16-11-17-29(21-27)30(32-3)34-31(26-14-9-6-10-15-26)33-22-24-12-7-5-8-13-24/h5-21H,3-4,22H2,1-2H3. The second kappa shape index (κ2) is 11.2. The molecule has 4 rings (SSSR count). The Morgan fingerprint density at radius 1 is 0.706 bits per heavy atom. The lowest BCUT2D eigenvalue weighted by atomic mass is 9.97. The molecule has 4 aromatic carbocycles. The molecule has 0 atom stereocenters. The Labute approximate surface area is 202 Å². The Hall–Kier alpha value is -4.11. The summed E-state index contributed by atoms with van der Waals surface area (Å²) in [7, 11) is 0. The molecule has 0 aliphatic carbocycles. The second-order valence-corrected chi connectivity index (χ2v) is 8.16. The first-order valence-corrected chi connectivity index (χ1v) is 11.6. The van der Waals surface area contributed by atoms with E-state index in [9.17, 15) is 0 Å². The number of aryl methyl sites for hydroxylation is 2. The summed E-state index contributed by atoms with van der Waals surface area (Å²) in [5, 5.41) is 0. The second-order valence-electron chi connectivity index (χ2n) is 8.16. The van der Waals surface area contributed by atoms with Gasteiger partial charge in [0.1, 0.15) is 0 Å². The third-order valence-corrected chi connectivity index (χ3v) is 5.83. The van der Waals surface area contributed by atoms with Gasteiger partial charge < -0.3 is 0 Å². The van der Waals surface area contributed by atoms with E-state index in [0.717, 1.165) is 28.7 Å². The Bertz CT molecular complexity index is 1320. The molecule has 0 radical (unpaired) electrons. The predicted molar refractivity (Wildman–Crippen MR) is 145 cm³/mol. The minimum Gasteiger partial charge on any atom is -0.261 e. The van der Waals surface area contributed by atoms with E-state index in [-0.39, 0.29) is 0 Å². The molecule has 0 aliphatic rings. The van der Waals surface area contributed by atoms with Crippen LogP contribution in [0.25, 0.3) is 11.1 Å². The van der Waals surface area contributed by atoms with E-state index < -0.39 is 0 Å². The van der Waals surface area contributed by atoms with Gasteiger partial charge in [0, 0.05) is 11.1 Å². The third-order valence-electron chi connectivity index (χ3n) is 5.83. The van der Waals surface area contributed by atoms with Crippen molar-refractivity contribution in [3.8, 4) is 11.1 Å². The summed E-state index contributed by atoms with van der Waals surface area (Å²) in [6, 6.07) is 35.1. The molecule has 3 nitrogen and oxygen atoms in total. The van der Waals surface area contributed by atoms with Gasteiger partial charge >= 0.3 is 0 Å². The molecule has 0 saturated heterocycles. The summed E-state index contributed by atoms with van der Waals surface area (Å²) in [5.41, 5.74) is 7.97. The van der Waals surface area contributed by atoms with Gasteiger partial charge in [0.05, 0.1) is 6.54 Å². The summed E-state index contributed by atoms with van der Waals surface area (Å²) in [4.78, 5) is 14.0. The number of hydrogen-bond acceptors (Lipinski definition) is 1. The van der Waals surface area contributed by atoms with Gasteiger partial charge in [-0.05, 0) is 53.9 Å². The lowest BCUT2D eigenvalue weighted by Crippen LogP contribution is -2.05. The van der Waals surface area contributed by atoms with Crippen molar-refractivity contribution in [3.63, 3.8) is 0 Å². The van der Waals surface area contributed by atoms with Crippen molar-refractivity contribution in [2.75, 3.05) is 0 Å². The van der Waals surface area contributed by atoms with Crippen LogP contribution in [-0.4, -0.2) is 18.4 Å². The number of rotatable bonds is 6. The SMILES string of the molecule is C=NC(=NC(=NCc1ccccc1)c1ccccc1)c1cccc(-c2ccc(CC)c(C)c2)c1. The zero-order valence-electron chi connectivity index (χ0n) is 19.8. The number of aliphatic imine (C=N–C) groups is 3. The third kappa shape index (κ3) is 5.62. The van der Waals surface area contributed by atoms with Crippen molar-refractivity contribution in [2.24, 2.45) is 15.0 Å². The average molecular weight is 444 g/mol. The maximum absolute atomic E-state index is 4.87. The highest BCUT2D eigenvalue weighted by Crippen LogP contribution is 2.24. The van der Waals surface area contributed by atoms with Gasteiger partial charge in [0.2, 0.25) is 0 Å². The molecule has 4 aromatic rings. The van der Waals surface area contributed by atoms with E-state index in [2.05, 4.69) is 68.0 Å². The highest BCUT2D eigenvalue weighted by Gasteiger charge is 2.09. The van der Waals surface area contributed by atoms with Crippen molar-refractivity contribution in [2.45, 2.75) is 26.8 Å². The van der Waals surface area contributed by atoms with Gasteiger partial charge in [0.15, 0.2) is 11.7 Å².